The molecule has 196 valence electrons. The molecule has 1 amide bonds. The molecule has 0 radical (unpaired) electrons. The Labute approximate surface area is 218 Å². The summed E-state index contributed by atoms with van der Waals surface area (Å²) >= 11 is 0. The minimum atomic E-state index is -0.337. The number of methoxy groups -OCH3 is 1. The first kappa shape index (κ1) is 26.1. The van der Waals surface area contributed by atoms with Gasteiger partial charge in [0.15, 0.2) is 0 Å². The second-order valence-corrected chi connectivity index (χ2v) is 9.16. The molecule has 10 nitrogen and oxygen atoms in total. The molecule has 2 aromatic rings. The number of nitrogens with zero attached hydrogens (tertiary/aromatic N) is 3. The van der Waals surface area contributed by atoms with Crippen LogP contribution in [0.3, 0.4) is 0 Å². The van der Waals surface area contributed by atoms with Crippen LogP contribution in [0.5, 0.6) is 11.5 Å². The molecule has 4 rings (SSSR count). The van der Waals surface area contributed by atoms with Gasteiger partial charge in [-0.2, -0.15) is 0 Å². The van der Waals surface area contributed by atoms with Gasteiger partial charge >= 0.3 is 0 Å². The highest BCUT2D eigenvalue weighted by molar-refractivity contribution is 6.02. The minimum absolute atomic E-state index is 0.0345. The monoisotopic (exact) mass is 505 g/mol. The van der Waals surface area contributed by atoms with E-state index in [1.807, 2.05) is 50.1 Å². The number of para-hydroxylation sites is 1. The quantitative estimate of drug-likeness (QED) is 0.386. The Kier molecular flexibility index (Phi) is 8.00. The highest BCUT2D eigenvalue weighted by Gasteiger charge is 2.31. The Morgan fingerprint density at radius 2 is 2.03 bits per heavy atom. The second kappa shape index (κ2) is 11.4. The summed E-state index contributed by atoms with van der Waals surface area (Å²) in [5.74, 6) is 1.28. The zero-order valence-corrected chi connectivity index (χ0v) is 22.0. The predicted octanol–water partition coefficient (Wildman–Crippen LogP) is 3.10. The summed E-state index contributed by atoms with van der Waals surface area (Å²) in [7, 11) is 7.53. The van der Waals surface area contributed by atoms with Crippen molar-refractivity contribution in [3.05, 3.63) is 66.4 Å². The fraction of sp³-hybridized carbons (Fsp3) is 0.333. The number of likely N-dealkylation sites (N-methyl/N-ethyl adjacent to an activating group) is 1. The number of hydrazine groups is 1. The van der Waals surface area contributed by atoms with Crippen molar-refractivity contribution in [2.45, 2.75) is 19.0 Å². The average Bonchev–Trinajstić information content (AvgIpc) is 3.21. The van der Waals surface area contributed by atoms with Gasteiger partial charge in [-0.05, 0) is 45.3 Å². The molecule has 0 bridgehead atoms. The van der Waals surface area contributed by atoms with E-state index in [4.69, 9.17) is 14.5 Å². The summed E-state index contributed by atoms with van der Waals surface area (Å²) < 4.78 is 11.6. The number of benzene rings is 2. The maximum absolute atomic E-state index is 12.1. The first-order valence-electron chi connectivity index (χ1n) is 12.1. The van der Waals surface area contributed by atoms with Crippen LogP contribution in [0.1, 0.15) is 18.5 Å². The van der Waals surface area contributed by atoms with Gasteiger partial charge in [-0.25, -0.2) is 10.4 Å². The van der Waals surface area contributed by atoms with Gasteiger partial charge in [-0.3, -0.25) is 4.79 Å². The number of amides is 1. The van der Waals surface area contributed by atoms with Crippen LogP contribution in [0.15, 0.2) is 65.8 Å². The highest BCUT2D eigenvalue weighted by Crippen LogP contribution is 2.38. The van der Waals surface area contributed by atoms with E-state index >= 15 is 0 Å². The minimum Gasteiger partial charge on any atom is -0.494 e. The van der Waals surface area contributed by atoms with Gasteiger partial charge in [0, 0.05) is 30.9 Å². The van der Waals surface area contributed by atoms with Gasteiger partial charge in [0.05, 0.1) is 36.3 Å². The maximum Gasteiger partial charge on any atom is 0.247 e. The standard InChI is InChI=1S/C27H35N7O3/c1-7-25(35)29-20-15-19(23(36-6)16-24(20)37-13-12-33(3)4)30-27-28-17(2)14-21(31-27)26-18-10-8-9-11-22(18)34(5)32-26/h7-11,14-17,26,32H,1,12-13H2,2-6H3,(H,29,35)(H2,28,30,31). The predicted molar refractivity (Wildman–Crippen MR) is 148 cm³/mol. The fourth-order valence-corrected chi connectivity index (χ4v) is 4.24. The Balaban J connectivity index is 1.58. The van der Waals surface area contributed by atoms with Crippen molar-refractivity contribution in [3.8, 4) is 11.5 Å². The van der Waals surface area contributed by atoms with Gasteiger partial charge in [0.1, 0.15) is 18.1 Å². The molecule has 0 aromatic heterocycles. The number of hydrogen-bond donors (Lipinski definition) is 4. The zero-order chi connectivity index (χ0) is 26.5. The smallest absolute Gasteiger partial charge is 0.247 e. The molecule has 2 aliphatic rings. The lowest BCUT2D eigenvalue weighted by molar-refractivity contribution is -0.111. The van der Waals surface area contributed by atoms with Gasteiger partial charge < -0.3 is 35.3 Å². The van der Waals surface area contributed by atoms with Crippen LogP contribution in [0.25, 0.3) is 0 Å². The van der Waals surface area contributed by atoms with Crippen molar-refractivity contribution in [1.82, 2.24) is 15.6 Å². The van der Waals surface area contributed by atoms with Crippen LogP contribution < -0.4 is 35.9 Å². The van der Waals surface area contributed by atoms with Crippen molar-refractivity contribution in [2.75, 3.05) is 57.0 Å². The summed E-state index contributed by atoms with van der Waals surface area (Å²) in [6.07, 6.45) is 3.32. The first-order valence-corrected chi connectivity index (χ1v) is 12.1. The van der Waals surface area contributed by atoms with Crippen LogP contribution in [0, 0.1) is 0 Å². The molecule has 2 aliphatic heterocycles. The number of nitrogens with one attached hydrogen (secondary N) is 4. The number of carbonyl (C=O) groups excluding carboxylic acids is 1. The molecule has 0 saturated heterocycles. The van der Waals surface area contributed by atoms with Crippen LogP contribution >= 0.6 is 0 Å². The van der Waals surface area contributed by atoms with Crippen molar-refractivity contribution in [2.24, 2.45) is 4.99 Å². The number of aliphatic imine (C=N–C) groups is 1. The second-order valence-electron chi connectivity index (χ2n) is 9.16. The van der Waals surface area contributed by atoms with Gasteiger partial charge in [-0.1, -0.05) is 24.8 Å². The van der Waals surface area contributed by atoms with E-state index < -0.39 is 0 Å². The molecule has 2 aromatic carbocycles. The Bertz CT molecular complexity index is 1220. The van der Waals surface area contributed by atoms with Crippen molar-refractivity contribution >= 4 is 28.9 Å². The Morgan fingerprint density at radius 3 is 2.76 bits per heavy atom. The van der Waals surface area contributed by atoms with E-state index in [0.29, 0.717) is 35.4 Å². The lowest BCUT2D eigenvalue weighted by Crippen LogP contribution is -2.41. The maximum atomic E-state index is 12.1. The topological polar surface area (TPSA) is 102 Å². The number of fused-ring (bicyclic) bond motifs is 1. The van der Waals surface area contributed by atoms with E-state index in [0.717, 1.165) is 17.9 Å². The van der Waals surface area contributed by atoms with Crippen LogP contribution in [0.4, 0.5) is 17.1 Å². The lowest BCUT2D eigenvalue weighted by atomic mass is 10.0. The molecule has 10 heteroatoms. The van der Waals surface area contributed by atoms with E-state index in [-0.39, 0.29) is 18.0 Å². The third-order valence-electron chi connectivity index (χ3n) is 6.05. The van der Waals surface area contributed by atoms with Crippen molar-refractivity contribution < 1.29 is 14.3 Å². The average molecular weight is 506 g/mol. The first-order chi connectivity index (χ1) is 17.8. The van der Waals surface area contributed by atoms with E-state index in [2.05, 4.69) is 46.2 Å². The largest absolute Gasteiger partial charge is 0.494 e. The summed E-state index contributed by atoms with van der Waals surface area (Å²) in [6, 6.07) is 11.7. The van der Waals surface area contributed by atoms with E-state index in [1.54, 1.807) is 19.2 Å². The van der Waals surface area contributed by atoms with Crippen LogP contribution in [-0.2, 0) is 4.79 Å². The fourth-order valence-electron chi connectivity index (χ4n) is 4.24. The molecule has 2 atom stereocenters. The SMILES string of the molecule is C=CC(=O)Nc1cc(NC2=NC(C)C=C(C3NN(C)c4ccccc43)N2)c(OC)cc1OCCN(C)C. The Morgan fingerprint density at radius 1 is 1.24 bits per heavy atom. The molecular weight excluding hydrogens is 470 g/mol. The highest BCUT2D eigenvalue weighted by atomic mass is 16.5. The van der Waals surface area contributed by atoms with E-state index in [9.17, 15) is 4.79 Å². The molecule has 0 fully saturated rings. The third-order valence-corrected chi connectivity index (χ3v) is 6.05. The molecule has 0 spiro atoms. The van der Waals surface area contributed by atoms with Gasteiger partial charge in [0.2, 0.25) is 11.9 Å². The number of rotatable bonds is 9. The molecular formula is C27H35N7O3. The zero-order valence-electron chi connectivity index (χ0n) is 22.0. The Hall–Kier alpha value is -4.02. The number of ether oxygens (including phenoxy) is 2. The van der Waals surface area contributed by atoms with Crippen molar-refractivity contribution in [1.29, 1.82) is 0 Å². The van der Waals surface area contributed by atoms with Gasteiger partial charge in [-0.15, -0.1) is 0 Å². The summed E-state index contributed by atoms with van der Waals surface area (Å²) in [4.78, 5) is 18.9. The molecule has 2 heterocycles. The summed E-state index contributed by atoms with van der Waals surface area (Å²) in [5.41, 5.74) is 7.94. The summed E-state index contributed by atoms with van der Waals surface area (Å²) in [6.45, 7) is 6.75. The van der Waals surface area contributed by atoms with Crippen LogP contribution in [0.2, 0.25) is 0 Å². The molecule has 37 heavy (non-hydrogen) atoms. The van der Waals surface area contributed by atoms with E-state index in [1.165, 1.54) is 11.6 Å². The number of anilines is 3. The molecule has 2 unspecified atom stereocenters. The summed E-state index contributed by atoms with van der Waals surface area (Å²) in [5, 5.41) is 11.6. The number of hydrogen-bond acceptors (Lipinski definition) is 9. The molecule has 0 saturated carbocycles. The van der Waals surface area contributed by atoms with Crippen LogP contribution in [-0.4, -0.2) is 64.2 Å². The molecule has 0 aliphatic carbocycles. The normalized spacial score (nSPS) is 18.4. The molecule has 4 N–H and O–H groups in total. The lowest BCUT2D eigenvalue weighted by Gasteiger charge is -2.26. The third kappa shape index (κ3) is 6.04. The number of carbonyl (C=O) groups is 1. The van der Waals surface area contributed by atoms with Crippen molar-refractivity contribution in [3.63, 3.8) is 0 Å². The number of guanidine groups is 1. The van der Waals surface area contributed by atoms with Gasteiger partial charge in [0.25, 0.3) is 0 Å².